The van der Waals surface area contributed by atoms with Crippen LogP contribution in [-0.2, 0) is 6.42 Å². The molecule has 0 fully saturated rings. The number of benzene rings is 1. The van der Waals surface area contributed by atoms with Crippen LogP contribution in [0.3, 0.4) is 0 Å². The fourth-order valence-corrected chi connectivity index (χ4v) is 1.97. The van der Waals surface area contributed by atoms with E-state index in [2.05, 4.69) is 6.92 Å². The van der Waals surface area contributed by atoms with Crippen molar-refractivity contribution in [3.05, 3.63) is 28.5 Å². The zero-order chi connectivity index (χ0) is 10.1. The second-order valence-electron chi connectivity index (χ2n) is 3.61. The minimum atomic E-state index is -0.400. The molecule has 0 N–H and O–H groups in total. The fourth-order valence-electron chi connectivity index (χ4n) is 1.79. The lowest BCUT2D eigenvalue weighted by Gasteiger charge is -2.07. The number of rotatable bonds is 2. The Morgan fingerprint density at radius 1 is 1.57 bits per heavy atom. The number of hydrogen-bond acceptors (Lipinski definition) is 1. The van der Waals surface area contributed by atoms with Crippen LogP contribution in [0.1, 0.15) is 25.3 Å². The molecule has 0 saturated heterocycles. The SMILES string of the molecule is CCCC1Cc2cc(Cl)c(F)cc2O1. The van der Waals surface area contributed by atoms with E-state index in [1.54, 1.807) is 6.07 Å². The molecule has 0 bridgehead atoms. The second-order valence-corrected chi connectivity index (χ2v) is 4.01. The van der Waals surface area contributed by atoms with Crippen molar-refractivity contribution in [1.82, 2.24) is 0 Å². The van der Waals surface area contributed by atoms with Crippen molar-refractivity contribution in [2.24, 2.45) is 0 Å². The monoisotopic (exact) mass is 214 g/mol. The standard InChI is InChI=1S/C11H12ClFO/c1-2-3-8-4-7-5-9(12)10(13)6-11(7)14-8/h5-6,8H,2-4H2,1H3. The number of hydrogen-bond donors (Lipinski definition) is 0. The molecular formula is C11H12ClFO. The van der Waals surface area contributed by atoms with Crippen LogP contribution >= 0.6 is 11.6 Å². The van der Waals surface area contributed by atoms with E-state index in [0.29, 0.717) is 5.75 Å². The summed E-state index contributed by atoms with van der Waals surface area (Å²) < 4.78 is 18.7. The third-order valence-corrected chi connectivity index (χ3v) is 2.74. The third kappa shape index (κ3) is 1.71. The van der Waals surface area contributed by atoms with Crippen LogP contribution in [0.2, 0.25) is 5.02 Å². The maximum atomic E-state index is 13.1. The highest BCUT2D eigenvalue weighted by atomic mass is 35.5. The molecule has 1 unspecified atom stereocenters. The maximum absolute atomic E-state index is 13.1. The highest BCUT2D eigenvalue weighted by molar-refractivity contribution is 6.30. The zero-order valence-corrected chi connectivity index (χ0v) is 8.77. The molecule has 0 radical (unpaired) electrons. The smallest absolute Gasteiger partial charge is 0.145 e. The Kier molecular flexibility index (Phi) is 2.64. The number of ether oxygens (including phenoxy) is 1. The van der Waals surface area contributed by atoms with Crippen LogP contribution in [0.5, 0.6) is 5.75 Å². The average molecular weight is 215 g/mol. The summed E-state index contributed by atoms with van der Waals surface area (Å²) in [5.41, 5.74) is 1.02. The van der Waals surface area contributed by atoms with Crippen LogP contribution in [-0.4, -0.2) is 6.10 Å². The van der Waals surface area contributed by atoms with Gasteiger partial charge in [-0.2, -0.15) is 0 Å². The van der Waals surface area contributed by atoms with Crippen LogP contribution < -0.4 is 4.74 Å². The normalized spacial score (nSPS) is 19.2. The molecule has 0 spiro atoms. The third-order valence-electron chi connectivity index (χ3n) is 2.46. The highest BCUT2D eigenvalue weighted by Gasteiger charge is 2.23. The summed E-state index contributed by atoms with van der Waals surface area (Å²) in [5.74, 6) is 0.257. The second kappa shape index (κ2) is 3.77. The Bertz CT molecular complexity index is 320. The predicted molar refractivity (Wildman–Crippen MR) is 54.4 cm³/mol. The van der Waals surface area contributed by atoms with Crippen molar-refractivity contribution in [2.45, 2.75) is 32.3 Å². The van der Waals surface area contributed by atoms with Gasteiger partial charge in [-0.05, 0) is 18.1 Å². The van der Waals surface area contributed by atoms with E-state index in [4.69, 9.17) is 16.3 Å². The lowest BCUT2D eigenvalue weighted by Crippen LogP contribution is -2.11. The van der Waals surface area contributed by atoms with Crippen molar-refractivity contribution >= 4 is 11.6 Å². The predicted octanol–water partition coefficient (Wildman–Crippen LogP) is 3.58. The summed E-state index contributed by atoms with van der Waals surface area (Å²) in [6, 6.07) is 3.05. The van der Waals surface area contributed by atoms with E-state index in [1.165, 1.54) is 6.07 Å². The molecule has 1 aliphatic rings. The van der Waals surface area contributed by atoms with Gasteiger partial charge in [-0.15, -0.1) is 0 Å². The van der Waals surface area contributed by atoms with Gasteiger partial charge in [-0.3, -0.25) is 0 Å². The molecule has 1 atom stereocenters. The van der Waals surface area contributed by atoms with E-state index in [1.807, 2.05) is 0 Å². The zero-order valence-electron chi connectivity index (χ0n) is 8.02. The van der Waals surface area contributed by atoms with E-state index < -0.39 is 5.82 Å². The van der Waals surface area contributed by atoms with Gasteiger partial charge in [0.25, 0.3) is 0 Å². The molecule has 1 aromatic rings. The summed E-state index contributed by atoms with van der Waals surface area (Å²) in [6.45, 7) is 2.11. The molecule has 1 aromatic carbocycles. The van der Waals surface area contributed by atoms with Gasteiger partial charge in [-0.1, -0.05) is 24.9 Å². The molecule has 0 amide bonds. The van der Waals surface area contributed by atoms with Gasteiger partial charge in [0.2, 0.25) is 0 Å². The summed E-state index contributed by atoms with van der Waals surface area (Å²) in [7, 11) is 0. The largest absolute Gasteiger partial charge is 0.490 e. The van der Waals surface area contributed by atoms with E-state index in [0.717, 1.165) is 24.8 Å². The van der Waals surface area contributed by atoms with Crippen LogP contribution in [0.4, 0.5) is 4.39 Å². The molecule has 14 heavy (non-hydrogen) atoms. The van der Waals surface area contributed by atoms with Gasteiger partial charge in [0.1, 0.15) is 17.7 Å². The molecular weight excluding hydrogens is 203 g/mol. The van der Waals surface area contributed by atoms with Crippen LogP contribution in [0.25, 0.3) is 0 Å². The first-order valence-electron chi connectivity index (χ1n) is 4.85. The molecule has 0 saturated carbocycles. The Labute approximate surface area is 87.8 Å². The van der Waals surface area contributed by atoms with E-state index in [9.17, 15) is 4.39 Å². The maximum Gasteiger partial charge on any atom is 0.145 e. The van der Waals surface area contributed by atoms with Crippen molar-refractivity contribution in [3.8, 4) is 5.75 Å². The lowest BCUT2D eigenvalue weighted by molar-refractivity contribution is 0.219. The molecule has 1 nitrogen and oxygen atoms in total. The Morgan fingerprint density at radius 2 is 2.36 bits per heavy atom. The summed E-state index contributed by atoms with van der Waals surface area (Å²) in [4.78, 5) is 0. The Hall–Kier alpha value is -0.760. The molecule has 2 rings (SSSR count). The summed E-state index contributed by atoms with van der Waals surface area (Å²) in [5, 5.41) is 0.185. The first kappa shape index (κ1) is 9.78. The molecule has 0 aromatic heterocycles. The van der Waals surface area contributed by atoms with Gasteiger partial charge in [0, 0.05) is 12.5 Å². The van der Waals surface area contributed by atoms with Crippen LogP contribution in [0.15, 0.2) is 12.1 Å². The summed E-state index contributed by atoms with van der Waals surface area (Å²) >= 11 is 5.69. The number of fused-ring (bicyclic) bond motifs is 1. The fraction of sp³-hybridized carbons (Fsp3) is 0.455. The van der Waals surface area contributed by atoms with E-state index in [-0.39, 0.29) is 11.1 Å². The van der Waals surface area contributed by atoms with Gasteiger partial charge < -0.3 is 4.74 Å². The quantitative estimate of drug-likeness (QED) is 0.731. The van der Waals surface area contributed by atoms with Crippen molar-refractivity contribution in [3.63, 3.8) is 0 Å². The first-order chi connectivity index (χ1) is 6.70. The van der Waals surface area contributed by atoms with E-state index >= 15 is 0 Å². The van der Waals surface area contributed by atoms with Crippen LogP contribution in [0, 0.1) is 5.82 Å². The van der Waals surface area contributed by atoms with Gasteiger partial charge in [-0.25, -0.2) is 4.39 Å². The van der Waals surface area contributed by atoms with Crippen molar-refractivity contribution < 1.29 is 9.13 Å². The molecule has 76 valence electrons. The Balaban J connectivity index is 2.23. The highest BCUT2D eigenvalue weighted by Crippen LogP contribution is 2.34. The molecule has 3 heteroatoms. The molecule has 1 aliphatic heterocycles. The van der Waals surface area contributed by atoms with Gasteiger partial charge >= 0.3 is 0 Å². The van der Waals surface area contributed by atoms with Gasteiger partial charge in [0.05, 0.1) is 5.02 Å². The number of halogens is 2. The molecule has 0 aliphatic carbocycles. The summed E-state index contributed by atoms with van der Waals surface area (Å²) in [6.07, 6.45) is 3.14. The molecule has 1 heterocycles. The lowest BCUT2D eigenvalue weighted by atomic mass is 10.1. The Morgan fingerprint density at radius 3 is 3.07 bits per heavy atom. The average Bonchev–Trinajstić information content (AvgIpc) is 2.48. The van der Waals surface area contributed by atoms with Crippen molar-refractivity contribution in [2.75, 3.05) is 0 Å². The van der Waals surface area contributed by atoms with Crippen molar-refractivity contribution in [1.29, 1.82) is 0 Å². The first-order valence-corrected chi connectivity index (χ1v) is 5.23. The topological polar surface area (TPSA) is 9.23 Å². The minimum Gasteiger partial charge on any atom is -0.490 e. The minimum absolute atomic E-state index is 0.185. The van der Waals surface area contributed by atoms with Gasteiger partial charge in [0.15, 0.2) is 0 Å².